The van der Waals surface area contributed by atoms with Crippen LogP contribution in [0.15, 0.2) is 259 Å². The third kappa shape index (κ3) is 7.13. The minimum Gasteiger partial charge on any atom is -0.309 e. The van der Waals surface area contributed by atoms with Crippen LogP contribution in [0.5, 0.6) is 0 Å². The van der Waals surface area contributed by atoms with E-state index >= 15 is 0 Å². The highest BCUT2D eigenvalue weighted by Gasteiger charge is 2.30. The number of rotatable bonds is 5. The summed E-state index contributed by atoms with van der Waals surface area (Å²) < 4.78 is 16.0. The molecule has 2 heterocycles. The molecule has 0 amide bonds. The quantitative estimate of drug-likeness (QED) is 0.127. The summed E-state index contributed by atoms with van der Waals surface area (Å²) in [6.07, 6.45) is 0. The Morgan fingerprint density at radius 1 is 0.268 bits per heavy atom. The van der Waals surface area contributed by atoms with Gasteiger partial charge in [-0.1, -0.05) is 259 Å². The van der Waals surface area contributed by atoms with Gasteiger partial charge in [0.05, 0.1) is 22.4 Å². The van der Waals surface area contributed by atoms with Gasteiger partial charge in [0.1, 0.15) is 0 Å². The summed E-state index contributed by atoms with van der Waals surface area (Å²) >= 11 is 3.55. The molecule has 14 aromatic rings. The molecule has 2 aromatic heterocycles. The monoisotopic (exact) mass is 988 g/mol. The van der Waals surface area contributed by atoms with Crippen LogP contribution in [0, 0.1) is 0 Å². The predicted molar refractivity (Wildman–Crippen MR) is 306 cm³/mol. The summed E-state index contributed by atoms with van der Waals surface area (Å²) in [6, 6.07) is 87.9. The van der Waals surface area contributed by atoms with Crippen LogP contribution in [0.4, 0.5) is 0 Å². The standard InChI is InChI=1S/C39H26NOP.C27H16BrN/c41-42(28-13-3-1-4-14-28,29-15-5-2-6-16-29)30-25-23-27(24-26-30)38-36-22-12-10-20-34(36)37-33-19-9-7-17-31(33)32-18-8-11-21-35(32)39(37)40-38;28-18-15-13-17(14-16-18)26-24-12-6-4-10-22(24)25-21-9-3-1-7-19(21)20-8-2-5-11-23(20)27(25)29-26/h1-26H;1-16H. The minimum atomic E-state index is -3.06. The van der Waals surface area contributed by atoms with E-state index in [9.17, 15) is 4.57 Å². The van der Waals surface area contributed by atoms with Crippen molar-refractivity contribution >= 4 is 125 Å². The molecule has 0 aliphatic heterocycles. The first kappa shape index (κ1) is 42.8. The average molecular weight is 990 g/mol. The molecule has 0 unspecified atom stereocenters. The summed E-state index contributed by atoms with van der Waals surface area (Å²) in [5, 5.41) is 19.4. The van der Waals surface area contributed by atoms with Crippen molar-refractivity contribution in [3.63, 3.8) is 0 Å². The second-order valence-electron chi connectivity index (χ2n) is 18.0. The van der Waals surface area contributed by atoms with E-state index in [1.165, 1.54) is 64.6 Å². The van der Waals surface area contributed by atoms with Gasteiger partial charge in [0.15, 0.2) is 7.14 Å². The lowest BCUT2D eigenvalue weighted by molar-refractivity contribution is 0.592. The maximum absolute atomic E-state index is 14.9. The molecule has 5 heteroatoms. The molecule has 334 valence electrons. The summed E-state index contributed by atoms with van der Waals surface area (Å²) in [5.41, 5.74) is 6.16. The van der Waals surface area contributed by atoms with Gasteiger partial charge in [-0.05, 0) is 55.2 Å². The van der Waals surface area contributed by atoms with Crippen molar-refractivity contribution in [2.45, 2.75) is 0 Å². The Hall–Kier alpha value is -8.27. The molecule has 71 heavy (non-hydrogen) atoms. The van der Waals surface area contributed by atoms with Crippen molar-refractivity contribution in [1.82, 2.24) is 9.97 Å². The number of benzene rings is 12. The predicted octanol–water partition coefficient (Wildman–Crippen LogP) is 17.1. The number of halogens is 1. The van der Waals surface area contributed by atoms with Crippen LogP contribution in [0.2, 0.25) is 0 Å². The third-order valence-electron chi connectivity index (χ3n) is 14.0. The first-order valence-corrected chi connectivity index (χ1v) is 26.4. The SMILES string of the molecule is Brc1ccc(-c2nc3c4ccccc4c4ccccc4c3c3ccccc23)cc1.O=P(c1ccccc1)(c1ccccc1)c1ccc(-c2nc3c4ccccc4c4ccccc4c3c3ccccc23)cc1. The number of pyridine rings is 2. The number of fused-ring (bicyclic) bond motifs is 16. The smallest absolute Gasteiger partial charge is 0.171 e. The maximum Gasteiger partial charge on any atom is 0.171 e. The summed E-state index contributed by atoms with van der Waals surface area (Å²) in [4.78, 5) is 10.7. The average Bonchev–Trinajstić information content (AvgIpc) is 3.45. The van der Waals surface area contributed by atoms with Gasteiger partial charge in [-0.3, -0.25) is 0 Å². The molecule has 0 N–H and O–H groups in total. The van der Waals surface area contributed by atoms with E-state index in [0.29, 0.717) is 0 Å². The first-order chi connectivity index (χ1) is 35.0. The van der Waals surface area contributed by atoms with Gasteiger partial charge in [0.2, 0.25) is 0 Å². The van der Waals surface area contributed by atoms with Gasteiger partial charge in [-0.2, -0.15) is 0 Å². The van der Waals surface area contributed by atoms with Crippen molar-refractivity contribution in [2.75, 3.05) is 0 Å². The Balaban J connectivity index is 0.000000148. The van der Waals surface area contributed by atoms with E-state index < -0.39 is 7.14 Å². The number of hydrogen-bond donors (Lipinski definition) is 0. The zero-order chi connectivity index (χ0) is 47.5. The van der Waals surface area contributed by atoms with Gasteiger partial charge in [0.25, 0.3) is 0 Å². The summed E-state index contributed by atoms with van der Waals surface area (Å²) in [6.45, 7) is 0. The van der Waals surface area contributed by atoms with Crippen LogP contribution in [0.1, 0.15) is 0 Å². The van der Waals surface area contributed by atoms with Crippen molar-refractivity contribution in [3.05, 3.63) is 259 Å². The fraction of sp³-hybridized carbons (Fsp3) is 0. The topological polar surface area (TPSA) is 42.9 Å². The molecule has 0 aliphatic rings. The van der Waals surface area contributed by atoms with Crippen LogP contribution in [-0.4, -0.2) is 9.97 Å². The Kier molecular flexibility index (Phi) is 10.6. The van der Waals surface area contributed by atoms with E-state index in [4.69, 9.17) is 9.97 Å². The number of hydrogen-bond acceptors (Lipinski definition) is 3. The van der Waals surface area contributed by atoms with Crippen molar-refractivity contribution in [2.24, 2.45) is 0 Å². The molecular formula is C66H42BrN2OP. The molecule has 0 spiro atoms. The fourth-order valence-corrected chi connectivity index (χ4v) is 13.7. The first-order valence-electron chi connectivity index (χ1n) is 23.9. The van der Waals surface area contributed by atoms with E-state index in [1.54, 1.807) is 0 Å². The minimum absolute atomic E-state index is 0.810. The second-order valence-corrected chi connectivity index (χ2v) is 21.7. The molecule has 0 fully saturated rings. The molecule has 0 saturated heterocycles. The molecule has 0 aliphatic carbocycles. The van der Waals surface area contributed by atoms with Gasteiger partial charge < -0.3 is 4.57 Å². The molecule has 0 atom stereocenters. The van der Waals surface area contributed by atoms with E-state index in [2.05, 4.69) is 198 Å². The van der Waals surface area contributed by atoms with E-state index in [0.717, 1.165) is 64.7 Å². The Labute approximate surface area is 419 Å². The van der Waals surface area contributed by atoms with E-state index in [-0.39, 0.29) is 0 Å². The van der Waals surface area contributed by atoms with Gasteiger partial charge >= 0.3 is 0 Å². The van der Waals surface area contributed by atoms with Gasteiger partial charge in [-0.15, -0.1) is 0 Å². The zero-order valence-corrected chi connectivity index (χ0v) is 40.9. The van der Waals surface area contributed by atoms with Gasteiger partial charge in [-0.25, -0.2) is 9.97 Å². The Morgan fingerprint density at radius 3 is 0.915 bits per heavy atom. The lowest BCUT2D eigenvalue weighted by atomic mass is 9.92. The Bertz CT molecular complexity index is 4380. The summed E-state index contributed by atoms with van der Waals surface area (Å²) in [7, 11) is -3.06. The lowest BCUT2D eigenvalue weighted by Gasteiger charge is -2.20. The highest BCUT2D eigenvalue weighted by atomic mass is 79.9. The summed E-state index contributed by atoms with van der Waals surface area (Å²) in [5.74, 6) is 0. The molecular weight excluding hydrogens is 948 g/mol. The molecule has 0 radical (unpaired) electrons. The normalized spacial score (nSPS) is 11.8. The zero-order valence-electron chi connectivity index (χ0n) is 38.4. The fourth-order valence-electron chi connectivity index (χ4n) is 10.8. The van der Waals surface area contributed by atoms with Gasteiger partial charge in [0, 0.05) is 63.8 Å². The second kappa shape index (κ2) is 17.6. The van der Waals surface area contributed by atoms with Crippen molar-refractivity contribution < 1.29 is 4.57 Å². The van der Waals surface area contributed by atoms with Crippen LogP contribution >= 0.6 is 23.1 Å². The lowest BCUT2D eigenvalue weighted by Crippen LogP contribution is -2.24. The molecule has 3 nitrogen and oxygen atoms in total. The highest BCUT2D eigenvalue weighted by molar-refractivity contribution is 9.10. The van der Waals surface area contributed by atoms with Crippen LogP contribution in [0.25, 0.3) is 109 Å². The van der Waals surface area contributed by atoms with Crippen molar-refractivity contribution in [3.8, 4) is 22.5 Å². The van der Waals surface area contributed by atoms with Crippen molar-refractivity contribution in [1.29, 1.82) is 0 Å². The highest BCUT2D eigenvalue weighted by Crippen LogP contribution is 2.45. The number of aromatic nitrogens is 2. The molecule has 12 aromatic carbocycles. The maximum atomic E-state index is 14.9. The van der Waals surface area contributed by atoms with Crippen LogP contribution < -0.4 is 15.9 Å². The third-order valence-corrected chi connectivity index (χ3v) is 17.6. The molecule has 14 rings (SSSR count). The van der Waals surface area contributed by atoms with Crippen LogP contribution in [-0.2, 0) is 4.57 Å². The molecule has 0 bridgehead atoms. The Morgan fingerprint density at radius 2 is 0.535 bits per heavy atom. The van der Waals surface area contributed by atoms with E-state index in [1.807, 2.05) is 72.8 Å². The largest absolute Gasteiger partial charge is 0.309 e. The van der Waals surface area contributed by atoms with Crippen LogP contribution in [0.3, 0.4) is 0 Å². The molecule has 0 saturated carbocycles. The number of nitrogens with zero attached hydrogens (tertiary/aromatic N) is 2.